The molecule has 0 aliphatic carbocycles. The molecule has 0 radical (unpaired) electrons. The zero-order valence-corrected chi connectivity index (χ0v) is 10.6. The second-order valence-electron chi connectivity index (χ2n) is 3.67. The van der Waals surface area contributed by atoms with E-state index >= 15 is 0 Å². The summed E-state index contributed by atoms with van der Waals surface area (Å²) in [6, 6.07) is 4.78. The van der Waals surface area contributed by atoms with Crippen LogP contribution in [0.5, 0.6) is 0 Å². The molecule has 2 rings (SSSR count). The number of aromatic carboxylic acids is 1. The average molecular weight is 300 g/mol. The van der Waals surface area contributed by atoms with Gasteiger partial charge < -0.3 is 5.11 Å². The Kier molecular flexibility index (Phi) is 3.93. The van der Waals surface area contributed by atoms with Crippen LogP contribution in [0.2, 0.25) is 0 Å². The lowest BCUT2D eigenvalue weighted by molar-refractivity contribution is -0.137. The summed E-state index contributed by atoms with van der Waals surface area (Å²) < 4.78 is 37.1. The Balaban J connectivity index is 2.18. The monoisotopic (exact) mass is 300 g/mol. The summed E-state index contributed by atoms with van der Waals surface area (Å²) in [4.78, 5) is 18.4. The van der Waals surface area contributed by atoms with Gasteiger partial charge in [0.1, 0.15) is 10.1 Å². The molecule has 0 amide bonds. The van der Waals surface area contributed by atoms with Crippen LogP contribution >= 0.6 is 11.8 Å². The van der Waals surface area contributed by atoms with Gasteiger partial charge in [-0.2, -0.15) is 13.2 Å². The minimum atomic E-state index is -4.43. The number of carboxylic acids is 1. The van der Waals surface area contributed by atoms with Gasteiger partial charge in [0.25, 0.3) is 0 Å². The first-order chi connectivity index (χ1) is 9.36. The van der Waals surface area contributed by atoms with Crippen LogP contribution in [-0.2, 0) is 6.18 Å². The molecule has 0 aliphatic rings. The molecule has 0 atom stereocenters. The Morgan fingerprint density at radius 1 is 1.15 bits per heavy atom. The molecule has 0 aliphatic heterocycles. The van der Waals surface area contributed by atoms with Crippen LogP contribution < -0.4 is 0 Å². The summed E-state index contributed by atoms with van der Waals surface area (Å²) in [5.41, 5.74) is -0.788. The van der Waals surface area contributed by atoms with Crippen LogP contribution in [0.15, 0.2) is 46.7 Å². The van der Waals surface area contributed by atoms with Crippen molar-refractivity contribution >= 4 is 17.7 Å². The molecule has 8 heteroatoms. The van der Waals surface area contributed by atoms with Gasteiger partial charge in [0, 0.05) is 12.4 Å². The van der Waals surface area contributed by atoms with Gasteiger partial charge >= 0.3 is 12.1 Å². The highest BCUT2D eigenvalue weighted by Gasteiger charge is 2.30. The molecule has 0 bridgehead atoms. The molecule has 0 saturated carbocycles. The summed E-state index contributed by atoms with van der Waals surface area (Å²) in [5, 5.41) is 9.47. The van der Waals surface area contributed by atoms with Crippen molar-refractivity contribution in [2.45, 2.75) is 16.2 Å². The second kappa shape index (κ2) is 5.49. The number of nitrogens with zero attached hydrogens (tertiary/aromatic N) is 2. The summed E-state index contributed by atoms with van der Waals surface area (Å²) in [5.74, 6) is -1.10. The van der Waals surface area contributed by atoms with Gasteiger partial charge in [-0.1, -0.05) is 11.8 Å². The summed E-state index contributed by atoms with van der Waals surface area (Å²) in [6.07, 6.45) is -2.39. The maximum absolute atomic E-state index is 12.4. The van der Waals surface area contributed by atoms with Crippen molar-refractivity contribution < 1.29 is 23.1 Å². The molecule has 2 heterocycles. The van der Waals surface area contributed by atoms with Gasteiger partial charge in [0.15, 0.2) is 0 Å². The average Bonchev–Trinajstić information content (AvgIpc) is 2.38. The Morgan fingerprint density at radius 2 is 1.90 bits per heavy atom. The van der Waals surface area contributed by atoms with Crippen molar-refractivity contribution in [3.8, 4) is 0 Å². The van der Waals surface area contributed by atoms with Gasteiger partial charge in [0.2, 0.25) is 0 Å². The molecular formula is C12H7F3N2O2S. The third-order valence-corrected chi connectivity index (χ3v) is 3.14. The number of aromatic nitrogens is 2. The van der Waals surface area contributed by atoms with Crippen LogP contribution in [0.3, 0.4) is 0 Å². The van der Waals surface area contributed by atoms with E-state index in [1.54, 1.807) is 0 Å². The van der Waals surface area contributed by atoms with E-state index in [-0.39, 0.29) is 5.56 Å². The quantitative estimate of drug-likeness (QED) is 0.942. The van der Waals surface area contributed by atoms with E-state index in [1.165, 1.54) is 24.4 Å². The predicted octanol–water partition coefficient (Wildman–Crippen LogP) is 3.34. The van der Waals surface area contributed by atoms with Crippen LogP contribution in [-0.4, -0.2) is 21.0 Å². The number of hydrogen-bond acceptors (Lipinski definition) is 4. The van der Waals surface area contributed by atoms with Crippen LogP contribution in [0.4, 0.5) is 13.2 Å². The van der Waals surface area contributed by atoms with Gasteiger partial charge in [-0.3, -0.25) is 0 Å². The van der Waals surface area contributed by atoms with Crippen molar-refractivity contribution in [3.63, 3.8) is 0 Å². The van der Waals surface area contributed by atoms with Crippen LogP contribution in [0, 0.1) is 0 Å². The lowest BCUT2D eigenvalue weighted by atomic mass is 10.3. The predicted molar refractivity (Wildman–Crippen MR) is 64.6 cm³/mol. The molecule has 0 saturated heterocycles. The summed E-state index contributed by atoms with van der Waals surface area (Å²) in [7, 11) is 0. The van der Waals surface area contributed by atoms with E-state index in [1.807, 2.05) is 0 Å². The van der Waals surface area contributed by atoms with E-state index in [0.717, 1.165) is 24.0 Å². The Bertz CT molecular complexity index is 629. The maximum Gasteiger partial charge on any atom is 0.417 e. The van der Waals surface area contributed by atoms with E-state index in [4.69, 9.17) is 5.11 Å². The molecule has 0 aromatic carbocycles. The number of carboxylic acid groups (broad SMARTS) is 1. The molecule has 104 valence electrons. The molecule has 0 fully saturated rings. The first-order valence-electron chi connectivity index (χ1n) is 5.27. The summed E-state index contributed by atoms with van der Waals surface area (Å²) >= 11 is 0.986. The minimum Gasteiger partial charge on any atom is -0.478 e. The fourth-order valence-corrected chi connectivity index (χ4v) is 2.07. The molecular weight excluding hydrogens is 293 g/mol. The van der Waals surface area contributed by atoms with Gasteiger partial charge in [-0.15, -0.1) is 0 Å². The first kappa shape index (κ1) is 14.3. The minimum absolute atomic E-state index is 0.0504. The summed E-state index contributed by atoms with van der Waals surface area (Å²) in [6.45, 7) is 0. The Hall–Kier alpha value is -2.09. The third kappa shape index (κ3) is 3.47. The molecule has 4 nitrogen and oxygen atoms in total. The largest absolute Gasteiger partial charge is 0.478 e. The van der Waals surface area contributed by atoms with Crippen LogP contribution in [0.1, 0.15) is 15.9 Å². The van der Waals surface area contributed by atoms with Gasteiger partial charge in [-0.05, 0) is 24.3 Å². The highest BCUT2D eigenvalue weighted by molar-refractivity contribution is 7.99. The normalized spacial score (nSPS) is 11.3. The molecule has 20 heavy (non-hydrogen) atoms. The smallest absolute Gasteiger partial charge is 0.417 e. The van der Waals surface area contributed by atoms with E-state index in [0.29, 0.717) is 10.1 Å². The van der Waals surface area contributed by atoms with Gasteiger partial charge in [-0.25, -0.2) is 14.8 Å². The molecule has 0 unspecified atom stereocenters. The van der Waals surface area contributed by atoms with Crippen molar-refractivity contribution in [2.75, 3.05) is 0 Å². The number of pyridine rings is 2. The SMILES string of the molecule is O=C(O)c1ccnc(Sc2ccc(C(F)(F)F)cn2)c1. The Labute approximate surface area is 115 Å². The fourth-order valence-electron chi connectivity index (χ4n) is 1.31. The van der Waals surface area contributed by atoms with Crippen molar-refractivity contribution in [2.24, 2.45) is 0 Å². The van der Waals surface area contributed by atoms with Gasteiger partial charge in [0.05, 0.1) is 11.1 Å². The number of rotatable bonds is 3. The molecule has 0 spiro atoms. The third-order valence-electron chi connectivity index (χ3n) is 2.25. The zero-order valence-electron chi connectivity index (χ0n) is 9.76. The number of carbonyl (C=O) groups is 1. The van der Waals surface area contributed by atoms with E-state index in [2.05, 4.69) is 9.97 Å². The van der Waals surface area contributed by atoms with E-state index < -0.39 is 17.7 Å². The number of alkyl halides is 3. The highest BCUT2D eigenvalue weighted by Crippen LogP contribution is 2.31. The molecule has 2 aromatic heterocycles. The highest BCUT2D eigenvalue weighted by atomic mass is 32.2. The lowest BCUT2D eigenvalue weighted by Gasteiger charge is -2.06. The number of halogens is 3. The molecule has 1 N–H and O–H groups in total. The van der Waals surface area contributed by atoms with Crippen LogP contribution in [0.25, 0.3) is 0 Å². The Morgan fingerprint density at radius 3 is 2.45 bits per heavy atom. The zero-order chi connectivity index (χ0) is 14.8. The first-order valence-corrected chi connectivity index (χ1v) is 6.08. The van der Waals surface area contributed by atoms with Crippen molar-refractivity contribution in [1.82, 2.24) is 9.97 Å². The maximum atomic E-state index is 12.4. The van der Waals surface area contributed by atoms with Crippen molar-refractivity contribution in [3.05, 3.63) is 47.8 Å². The van der Waals surface area contributed by atoms with E-state index in [9.17, 15) is 18.0 Å². The standard InChI is InChI=1S/C12H7F3N2O2S/c13-12(14,15)8-1-2-9(17-6-8)20-10-5-7(11(18)19)3-4-16-10/h1-6H,(H,18,19). The fraction of sp³-hybridized carbons (Fsp3) is 0.0833. The molecule has 2 aromatic rings. The lowest BCUT2D eigenvalue weighted by Crippen LogP contribution is -2.05. The van der Waals surface area contributed by atoms with Crippen molar-refractivity contribution in [1.29, 1.82) is 0 Å². The topological polar surface area (TPSA) is 63.1 Å². The second-order valence-corrected chi connectivity index (χ2v) is 4.71. The number of hydrogen-bond donors (Lipinski definition) is 1.